The van der Waals surface area contributed by atoms with Crippen LogP contribution in [0.25, 0.3) is 0 Å². The fourth-order valence-electron chi connectivity index (χ4n) is 3.85. The molecule has 222 valence electrons. The Labute approximate surface area is 248 Å². The first-order valence-electron chi connectivity index (χ1n) is 12.9. The van der Waals surface area contributed by atoms with Crippen LogP contribution in [0.5, 0.6) is 11.5 Å². The second kappa shape index (κ2) is 14.7. The molecular weight excluding hydrogens is 564 g/mol. The first-order chi connectivity index (χ1) is 20.0. The van der Waals surface area contributed by atoms with Crippen LogP contribution in [0.15, 0.2) is 54.6 Å². The number of halogens is 1. The summed E-state index contributed by atoms with van der Waals surface area (Å²) >= 11 is 6.21. The average Bonchev–Trinajstić information content (AvgIpc) is 2.91. The largest absolute Gasteiger partial charge is 0.487 e. The third kappa shape index (κ3) is 9.11. The predicted octanol–water partition coefficient (Wildman–Crippen LogP) is 3.90. The zero-order chi connectivity index (χ0) is 30.8. The lowest BCUT2D eigenvalue weighted by Crippen LogP contribution is -2.25. The third-order valence-corrected chi connectivity index (χ3v) is 5.84. The maximum Gasteiger partial charge on any atom is 0.341 e. The van der Waals surface area contributed by atoms with Crippen LogP contribution in [0.3, 0.4) is 0 Å². The van der Waals surface area contributed by atoms with Crippen molar-refractivity contribution in [1.82, 2.24) is 5.32 Å². The van der Waals surface area contributed by atoms with Crippen molar-refractivity contribution < 1.29 is 29.0 Å². The Balaban J connectivity index is 1.94. The number of aliphatic carboxylic acids is 1. The molecule has 0 saturated carbocycles. The monoisotopic (exact) mass is 596 g/mol. The predicted molar refractivity (Wildman–Crippen MR) is 162 cm³/mol. The van der Waals surface area contributed by atoms with Crippen LogP contribution in [0, 0.1) is 5.41 Å². The van der Waals surface area contributed by atoms with E-state index in [2.05, 4.69) is 21.3 Å². The summed E-state index contributed by atoms with van der Waals surface area (Å²) in [5.41, 5.74) is 8.05. The standard InChI is InChI=1S/C29H33ClN6O6/c1-16(2)42-24-12-21(35-25(37)14-33-3)10-18(27(24)41-15-26(38)39)13-34-23-9-6-19(30)11-22(23)29(40)36-20-7-4-17(5-8-20)28(31)32/h4-12,16,33-34H,13-15H2,1-3H3,(H3,31,32)(H,35,37)(H,36,40)(H,38,39). The van der Waals surface area contributed by atoms with Gasteiger partial charge in [-0.15, -0.1) is 0 Å². The Morgan fingerprint density at radius 2 is 1.74 bits per heavy atom. The first kappa shape index (κ1) is 31.7. The van der Waals surface area contributed by atoms with E-state index in [1.165, 1.54) is 6.07 Å². The van der Waals surface area contributed by atoms with Gasteiger partial charge in [-0.3, -0.25) is 15.0 Å². The lowest BCUT2D eigenvalue weighted by atomic mass is 10.1. The number of likely N-dealkylation sites (N-methyl/N-ethyl adjacent to an activating group) is 1. The topological polar surface area (TPSA) is 188 Å². The molecule has 0 aliphatic rings. The third-order valence-electron chi connectivity index (χ3n) is 5.60. The number of benzene rings is 3. The minimum atomic E-state index is -1.18. The Bertz CT molecular complexity index is 1460. The summed E-state index contributed by atoms with van der Waals surface area (Å²) in [6.45, 7) is 3.12. The molecule has 0 spiro atoms. The van der Waals surface area contributed by atoms with Crippen LogP contribution in [-0.4, -0.2) is 55.0 Å². The number of amides is 2. The number of ether oxygens (including phenoxy) is 2. The molecule has 0 atom stereocenters. The van der Waals surface area contributed by atoms with Crippen molar-refractivity contribution in [2.45, 2.75) is 26.5 Å². The molecule has 3 aromatic rings. The summed E-state index contributed by atoms with van der Waals surface area (Å²) in [5.74, 6) is -1.59. The molecule has 0 aromatic heterocycles. The summed E-state index contributed by atoms with van der Waals surface area (Å²) in [7, 11) is 1.64. The molecule has 3 aromatic carbocycles. The second-order valence-corrected chi connectivity index (χ2v) is 9.82. The number of nitrogen functional groups attached to an aromatic ring is 1. The quantitative estimate of drug-likeness (QED) is 0.107. The smallest absolute Gasteiger partial charge is 0.341 e. The number of nitrogens with one attached hydrogen (secondary N) is 5. The van der Waals surface area contributed by atoms with E-state index in [1.807, 2.05) is 0 Å². The maximum atomic E-state index is 13.2. The van der Waals surface area contributed by atoms with Gasteiger partial charge < -0.3 is 41.6 Å². The molecule has 0 aliphatic heterocycles. The number of carboxylic acids is 1. The summed E-state index contributed by atoms with van der Waals surface area (Å²) < 4.78 is 11.5. The molecule has 0 saturated heterocycles. The molecule has 3 rings (SSSR count). The molecule has 8 N–H and O–H groups in total. The highest BCUT2D eigenvalue weighted by atomic mass is 35.5. The van der Waals surface area contributed by atoms with E-state index in [1.54, 1.807) is 69.4 Å². The van der Waals surface area contributed by atoms with Crippen molar-refractivity contribution in [2.75, 3.05) is 36.1 Å². The number of carboxylic acid groups (broad SMARTS) is 1. The van der Waals surface area contributed by atoms with Crippen molar-refractivity contribution in [3.8, 4) is 11.5 Å². The molecule has 2 amide bonds. The van der Waals surface area contributed by atoms with E-state index in [0.29, 0.717) is 33.2 Å². The Morgan fingerprint density at radius 1 is 1.02 bits per heavy atom. The molecule has 0 radical (unpaired) electrons. The molecule has 0 unspecified atom stereocenters. The van der Waals surface area contributed by atoms with Gasteiger partial charge in [0.25, 0.3) is 5.91 Å². The summed E-state index contributed by atoms with van der Waals surface area (Å²) in [5, 5.41) is 28.6. The average molecular weight is 597 g/mol. The van der Waals surface area contributed by atoms with Crippen molar-refractivity contribution >= 4 is 52.3 Å². The zero-order valence-electron chi connectivity index (χ0n) is 23.3. The normalized spacial score (nSPS) is 10.6. The van der Waals surface area contributed by atoms with E-state index in [4.69, 9.17) is 32.2 Å². The van der Waals surface area contributed by atoms with Gasteiger partial charge in [0.15, 0.2) is 18.1 Å². The molecule has 0 fully saturated rings. The SMILES string of the molecule is CNCC(=O)Nc1cc(CNc2ccc(Cl)cc2C(=O)Nc2ccc(C(=N)N)cc2)c(OCC(=O)O)c(OC(C)C)c1. The van der Waals surface area contributed by atoms with Crippen LogP contribution >= 0.6 is 11.6 Å². The number of nitrogens with two attached hydrogens (primary N) is 1. The van der Waals surface area contributed by atoms with Crippen molar-refractivity contribution in [3.05, 3.63) is 76.3 Å². The van der Waals surface area contributed by atoms with Crippen LogP contribution in [-0.2, 0) is 16.1 Å². The van der Waals surface area contributed by atoms with Crippen LogP contribution in [0.2, 0.25) is 5.02 Å². The van der Waals surface area contributed by atoms with Crippen LogP contribution < -0.4 is 36.5 Å². The number of hydrogen-bond donors (Lipinski definition) is 7. The fraction of sp³-hybridized carbons (Fsp3) is 0.241. The van der Waals surface area contributed by atoms with Gasteiger partial charge in [0.1, 0.15) is 5.84 Å². The van der Waals surface area contributed by atoms with E-state index in [-0.39, 0.29) is 48.0 Å². The number of carbonyl (C=O) groups excluding carboxylic acids is 2. The van der Waals surface area contributed by atoms with Crippen LogP contribution in [0.4, 0.5) is 17.1 Å². The zero-order valence-corrected chi connectivity index (χ0v) is 24.1. The highest BCUT2D eigenvalue weighted by Gasteiger charge is 2.19. The molecule has 0 bridgehead atoms. The van der Waals surface area contributed by atoms with Gasteiger partial charge in [0, 0.05) is 45.8 Å². The van der Waals surface area contributed by atoms with Crippen molar-refractivity contribution in [1.29, 1.82) is 5.41 Å². The second-order valence-electron chi connectivity index (χ2n) is 9.38. The number of anilines is 3. The lowest BCUT2D eigenvalue weighted by molar-refractivity contribution is -0.139. The van der Waals surface area contributed by atoms with Gasteiger partial charge in [0.05, 0.1) is 18.2 Å². The highest BCUT2D eigenvalue weighted by molar-refractivity contribution is 6.31. The van der Waals surface area contributed by atoms with Gasteiger partial charge in [-0.25, -0.2) is 4.79 Å². The molecular formula is C29H33ClN6O6. The van der Waals surface area contributed by atoms with Gasteiger partial charge in [-0.2, -0.15) is 0 Å². The molecule has 0 heterocycles. The van der Waals surface area contributed by atoms with Gasteiger partial charge in [-0.05, 0) is 69.4 Å². The maximum absolute atomic E-state index is 13.2. The Morgan fingerprint density at radius 3 is 2.36 bits per heavy atom. The van der Waals surface area contributed by atoms with E-state index in [9.17, 15) is 19.5 Å². The minimum absolute atomic E-state index is 0.0639. The number of amidine groups is 1. The van der Waals surface area contributed by atoms with Gasteiger partial charge in [0.2, 0.25) is 5.91 Å². The van der Waals surface area contributed by atoms with E-state index >= 15 is 0 Å². The minimum Gasteiger partial charge on any atom is -0.487 e. The molecule has 0 aliphatic carbocycles. The molecule has 42 heavy (non-hydrogen) atoms. The number of hydrogen-bond acceptors (Lipinski definition) is 8. The summed E-state index contributed by atoms with van der Waals surface area (Å²) in [4.78, 5) is 36.8. The molecule has 13 heteroatoms. The lowest BCUT2D eigenvalue weighted by Gasteiger charge is -2.20. The van der Waals surface area contributed by atoms with Gasteiger partial charge >= 0.3 is 5.97 Å². The van der Waals surface area contributed by atoms with E-state index in [0.717, 1.165) is 0 Å². The highest BCUT2D eigenvalue weighted by Crippen LogP contribution is 2.37. The number of carbonyl (C=O) groups is 3. The fourth-order valence-corrected chi connectivity index (χ4v) is 4.02. The number of rotatable bonds is 14. The Hall–Kier alpha value is -4.81. The van der Waals surface area contributed by atoms with Crippen LogP contribution in [0.1, 0.15) is 35.3 Å². The van der Waals surface area contributed by atoms with Crippen molar-refractivity contribution in [3.63, 3.8) is 0 Å². The summed E-state index contributed by atoms with van der Waals surface area (Å²) in [6.07, 6.45) is -0.280. The first-order valence-corrected chi connectivity index (χ1v) is 13.3. The van der Waals surface area contributed by atoms with E-state index < -0.39 is 18.5 Å². The summed E-state index contributed by atoms with van der Waals surface area (Å²) in [6, 6.07) is 14.4. The Kier molecular flexibility index (Phi) is 11.1. The van der Waals surface area contributed by atoms with Gasteiger partial charge in [-0.1, -0.05) is 11.6 Å². The van der Waals surface area contributed by atoms with Crippen molar-refractivity contribution in [2.24, 2.45) is 5.73 Å². The molecule has 12 nitrogen and oxygen atoms in total.